The first-order valence-corrected chi connectivity index (χ1v) is 9.61. The second-order valence-corrected chi connectivity index (χ2v) is 7.16. The molecule has 7 nitrogen and oxygen atoms in total. The fraction of sp³-hybridized carbons (Fsp3) is 0.364. The molecular weight excluding hydrogens is 372 g/mol. The number of hydrogen-bond acceptors (Lipinski definition) is 5. The van der Waals surface area contributed by atoms with E-state index in [1.54, 1.807) is 24.3 Å². The average Bonchev–Trinajstić information content (AvgIpc) is 3.32. The molecule has 3 rings (SSSR count). The Labute approximate surface area is 169 Å². The maximum Gasteiger partial charge on any atom is 0.244 e. The maximum atomic E-state index is 12.4. The van der Waals surface area contributed by atoms with E-state index in [9.17, 15) is 9.59 Å². The van der Waals surface area contributed by atoms with Crippen molar-refractivity contribution in [3.05, 3.63) is 59.5 Å². The number of aryl methyl sites for hydroxylation is 2. The number of nitrogens with one attached hydrogen (secondary N) is 2. The summed E-state index contributed by atoms with van der Waals surface area (Å²) in [6, 6.07) is 7.27. The molecule has 2 amide bonds. The molecule has 3 heterocycles. The molecule has 1 aliphatic rings. The van der Waals surface area contributed by atoms with Gasteiger partial charge in [0.25, 0.3) is 0 Å². The highest BCUT2D eigenvalue weighted by Gasteiger charge is 2.34. The van der Waals surface area contributed by atoms with Gasteiger partial charge in [-0.15, -0.1) is 0 Å². The van der Waals surface area contributed by atoms with E-state index in [1.807, 2.05) is 26.0 Å². The summed E-state index contributed by atoms with van der Waals surface area (Å²) in [4.78, 5) is 24.6. The van der Waals surface area contributed by atoms with Crippen LogP contribution in [0.3, 0.4) is 0 Å². The first kappa shape index (κ1) is 20.7. The summed E-state index contributed by atoms with van der Waals surface area (Å²) >= 11 is 0. The smallest absolute Gasteiger partial charge is 0.244 e. The van der Waals surface area contributed by atoms with Gasteiger partial charge >= 0.3 is 0 Å². The fourth-order valence-electron chi connectivity index (χ4n) is 3.13. The molecule has 29 heavy (non-hydrogen) atoms. The lowest BCUT2D eigenvalue weighted by Crippen LogP contribution is -2.57. The van der Waals surface area contributed by atoms with Crippen LogP contribution in [0.1, 0.15) is 35.9 Å². The predicted molar refractivity (Wildman–Crippen MR) is 109 cm³/mol. The number of ether oxygens (including phenoxy) is 1. The Hall–Kier alpha value is -3.06. The molecule has 0 radical (unpaired) electrons. The van der Waals surface area contributed by atoms with Crippen LogP contribution in [-0.4, -0.2) is 37.1 Å². The van der Waals surface area contributed by atoms with Crippen LogP contribution in [0.4, 0.5) is 0 Å². The Morgan fingerprint density at radius 1 is 0.931 bits per heavy atom. The van der Waals surface area contributed by atoms with E-state index in [4.69, 9.17) is 13.6 Å². The van der Waals surface area contributed by atoms with Gasteiger partial charge in [0.1, 0.15) is 23.0 Å². The minimum atomic E-state index is -0.552. The van der Waals surface area contributed by atoms with Gasteiger partial charge in [-0.2, -0.15) is 0 Å². The van der Waals surface area contributed by atoms with Crippen molar-refractivity contribution in [1.29, 1.82) is 0 Å². The molecule has 2 aromatic rings. The molecule has 0 saturated carbocycles. The quantitative estimate of drug-likeness (QED) is 0.700. The Bertz CT molecular complexity index is 900. The molecule has 7 heteroatoms. The summed E-state index contributed by atoms with van der Waals surface area (Å²) in [5.74, 6) is 2.31. The van der Waals surface area contributed by atoms with Gasteiger partial charge < -0.3 is 24.2 Å². The average molecular weight is 398 g/mol. The Balaban J connectivity index is 1.57. The predicted octanol–water partition coefficient (Wildman–Crippen LogP) is 3.00. The van der Waals surface area contributed by atoms with Crippen LogP contribution in [0.15, 0.2) is 45.3 Å². The Kier molecular flexibility index (Phi) is 6.72. The topological polar surface area (TPSA) is 93.7 Å². The molecule has 2 aromatic heterocycles. The minimum absolute atomic E-state index is 0.239. The first-order valence-electron chi connectivity index (χ1n) is 9.61. The fourth-order valence-corrected chi connectivity index (χ4v) is 3.13. The van der Waals surface area contributed by atoms with E-state index in [0.29, 0.717) is 44.1 Å². The van der Waals surface area contributed by atoms with E-state index in [-0.39, 0.29) is 11.8 Å². The SMILES string of the molecule is Cc1ccc(C=CC(=O)NCC2(NC(=O)C=Cc3ccc(C)o3)CCOCC2)o1. The Morgan fingerprint density at radius 2 is 1.48 bits per heavy atom. The van der Waals surface area contributed by atoms with Gasteiger partial charge in [0.05, 0.1) is 5.54 Å². The lowest BCUT2D eigenvalue weighted by Gasteiger charge is -2.37. The van der Waals surface area contributed by atoms with Crippen LogP contribution in [0, 0.1) is 13.8 Å². The van der Waals surface area contributed by atoms with E-state index in [2.05, 4.69) is 10.6 Å². The first-order chi connectivity index (χ1) is 13.9. The largest absolute Gasteiger partial charge is 0.462 e. The highest BCUT2D eigenvalue weighted by atomic mass is 16.5. The molecule has 0 aromatic carbocycles. The lowest BCUT2D eigenvalue weighted by molar-refractivity contribution is -0.121. The van der Waals surface area contributed by atoms with Crippen LogP contribution >= 0.6 is 0 Å². The van der Waals surface area contributed by atoms with Crippen molar-refractivity contribution in [1.82, 2.24) is 10.6 Å². The van der Waals surface area contributed by atoms with Crippen molar-refractivity contribution >= 4 is 24.0 Å². The van der Waals surface area contributed by atoms with Gasteiger partial charge in [-0.05, 0) is 63.1 Å². The highest BCUT2D eigenvalue weighted by Crippen LogP contribution is 2.20. The summed E-state index contributed by atoms with van der Waals surface area (Å²) in [7, 11) is 0. The molecular formula is C22H26N2O5. The number of hydrogen-bond donors (Lipinski definition) is 2. The number of amides is 2. The third-order valence-corrected chi connectivity index (χ3v) is 4.76. The van der Waals surface area contributed by atoms with Gasteiger partial charge in [0.15, 0.2) is 0 Å². The van der Waals surface area contributed by atoms with Gasteiger partial charge in [-0.3, -0.25) is 9.59 Å². The number of carbonyl (C=O) groups excluding carboxylic acids is 2. The maximum absolute atomic E-state index is 12.4. The third kappa shape index (κ3) is 6.22. The minimum Gasteiger partial charge on any atom is -0.462 e. The van der Waals surface area contributed by atoms with Crippen LogP contribution in [0.25, 0.3) is 12.2 Å². The van der Waals surface area contributed by atoms with Crippen molar-refractivity contribution < 1.29 is 23.2 Å². The van der Waals surface area contributed by atoms with Gasteiger partial charge in [-0.1, -0.05) is 0 Å². The van der Waals surface area contributed by atoms with Crippen molar-refractivity contribution in [2.24, 2.45) is 0 Å². The summed E-state index contributed by atoms with van der Waals surface area (Å²) < 4.78 is 16.3. The molecule has 1 saturated heterocycles. The van der Waals surface area contributed by atoms with Gasteiger partial charge in [0, 0.05) is 31.9 Å². The highest BCUT2D eigenvalue weighted by molar-refractivity contribution is 5.93. The number of rotatable bonds is 7. The Morgan fingerprint density at radius 3 is 2.00 bits per heavy atom. The van der Waals surface area contributed by atoms with Crippen LogP contribution < -0.4 is 10.6 Å². The molecule has 2 N–H and O–H groups in total. The summed E-state index contributed by atoms with van der Waals surface area (Å²) in [6.07, 6.45) is 7.35. The number of carbonyl (C=O) groups is 2. The van der Waals surface area contributed by atoms with E-state index in [0.717, 1.165) is 11.5 Å². The van der Waals surface area contributed by atoms with E-state index >= 15 is 0 Å². The molecule has 0 unspecified atom stereocenters. The molecule has 154 valence electrons. The summed E-state index contributed by atoms with van der Waals surface area (Å²) in [5.41, 5.74) is -0.552. The molecule has 0 spiro atoms. The monoisotopic (exact) mass is 398 g/mol. The van der Waals surface area contributed by atoms with Crippen LogP contribution in [0.5, 0.6) is 0 Å². The zero-order valence-corrected chi connectivity index (χ0v) is 16.7. The zero-order valence-electron chi connectivity index (χ0n) is 16.7. The van der Waals surface area contributed by atoms with Gasteiger partial charge in [0.2, 0.25) is 11.8 Å². The molecule has 0 atom stereocenters. The molecule has 0 bridgehead atoms. The summed E-state index contributed by atoms with van der Waals surface area (Å²) in [5, 5.41) is 5.91. The number of furan rings is 2. The third-order valence-electron chi connectivity index (χ3n) is 4.76. The van der Waals surface area contributed by atoms with E-state index < -0.39 is 5.54 Å². The second-order valence-electron chi connectivity index (χ2n) is 7.16. The van der Waals surface area contributed by atoms with Crippen molar-refractivity contribution in [3.63, 3.8) is 0 Å². The summed E-state index contributed by atoms with van der Waals surface area (Å²) in [6.45, 7) is 5.06. The van der Waals surface area contributed by atoms with Crippen LogP contribution in [0.2, 0.25) is 0 Å². The van der Waals surface area contributed by atoms with Crippen molar-refractivity contribution in [2.45, 2.75) is 32.2 Å². The standard InChI is InChI=1S/C22H26N2O5/c1-16-3-5-18(28-16)7-9-20(25)23-15-22(11-13-27-14-12-22)24-21(26)10-8-19-6-4-17(2)29-19/h3-10H,11-15H2,1-2H3,(H,23,25)(H,24,26). The molecule has 1 aliphatic heterocycles. The van der Waals surface area contributed by atoms with Crippen molar-refractivity contribution in [3.8, 4) is 0 Å². The van der Waals surface area contributed by atoms with Crippen molar-refractivity contribution in [2.75, 3.05) is 19.8 Å². The lowest BCUT2D eigenvalue weighted by atomic mass is 9.89. The van der Waals surface area contributed by atoms with Crippen LogP contribution in [-0.2, 0) is 14.3 Å². The second kappa shape index (κ2) is 9.43. The van der Waals surface area contributed by atoms with Gasteiger partial charge in [-0.25, -0.2) is 0 Å². The van der Waals surface area contributed by atoms with E-state index in [1.165, 1.54) is 12.2 Å². The molecule has 0 aliphatic carbocycles. The normalized spacial score (nSPS) is 16.3. The molecule has 1 fully saturated rings. The zero-order chi connectivity index (χ0) is 20.7.